The molecule has 2 aliphatic rings. The van der Waals surface area contributed by atoms with Crippen molar-refractivity contribution in [2.75, 3.05) is 13.1 Å². The summed E-state index contributed by atoms with van der Waals surface area (Å²) in [5, 5.41) is 0. The van der Waals surface area contributed by atoms with E-state index in [0.29, 0.717) is 6.54 Å². The van der Waals surface area contributed by atoms with Crippen LogP contribution in [0.25, 0.3) is 0 Å². The van der Waals surface area contributed by atoms with E-state index in [2.05, 4.69) is 0 Å². The molecule has 4 heteroatoms. The zero-order valence-corrected chi connectivity index (χ0v) is 12.6. The zero-order valence-electron chi connectivity index (χ0n) is 12.6. The monoisotopic (exact) mass is 268 g/mol. The molecule has 1 saturated heterocycles. The third kappa shape index (κ3) is 3.41. The maximum atomic E-state index is 12.1. The molecule has 1 amide bonds. The van der Waals surface area contributed by atoms with Gasteiger partial charge in [0.05, 0.1) is 0 Å². The van der Waals surface area contributed by atoms with Crippen LogP contribution in [-0.2, 0) is 4.74 Å². The lowest BCUT2D eigenvalue weighted by atomic mass is 9.65. The zero-order chi connectivity index (χ0) is 14.1. The van der Waals surface area contributed by atoms with Gasteiger partial charge >= 0.3 is 6.09 Å². The molecule has 0 aromatic heterocycles. The Morgan fingerprint density at radius 3 is 2.37 bits per heavy atom. The van der Waals surface area contributed by atoms with E-state index < -0.39 is 5.60 Å². The van der Waals surface area contributed by atoms with Gasteiger partial charge in [0, 0.05) is 19.1 Å². The van der Waals surface area contributed by atoms with Crippen LogP contribution in [0.1, 0.15) is 59.3 Å². The Labute approximate surface area is 116 Å². The largest absolute Gasteiger partial charge is 0.444 e. The normalized spacial score (nSPS) is 27.4. The van der Waals surface area contributed by atoms with Crippen LogP contribution in [0, 0.1) is 5.41 Å². The highest BCUT2D eigenvalue weighted by molar-refractivity contribution is 5.68. The number of likely N-dealkylation sites (tertiary alicyclic amines) is 1. The Morgan fingerprint density at radius 2 is 1.84 bits per heavy atom. The van der Waals surface area contributed by atoms with Gasteiger partial charge in [0.1, 0.15) is 5.60 Å². The number of amides is 1. The fraction of sp³-hybridized carbons (Fsp3) is 0.933. The van der Waals surface area contributed by atoms with Crippen LogP contribution in [0.3, 0.4) is 0 Å². The van der Waals surface area contributed by atoms with Gasteiger partial charge in [-0.2, -0.15) is 0 Å². The standard InChI is InChI=1S/C15H28N2O2/c1-14(2,3)19-13(18)17-10-9-15(12(16)11-17)7-5-4-6-8-15/h12H,4-11,16H2,1-3H3/t12-/m0/s1. The molecular weight excluding hydrogens is 240 g/mol. The van der Waals surface area contributed by atoms with Crippen molar-refractivity contribution in [3.05, 3.63) is 0 Å². The number of hydrogen-bond donors (Lipinski definition) is 1. The summed E-state index contributed by atoms with van der Waals surface area (Å²) in [6.07, 6.45) is 7.21. The molecule has 0 aromatic rings. The van der Waals surface area contributed by atoms with E-state index in [1.807, 2.05) is 20.8 Å². The lowest BCUT2D eigenvalue weighted by Crippen LogP contribution is -2.57. The Morgan fingerprint density at radius 1 is 1.21 bits per heavy atom. The molecule has 110 valence electrons. The average molecular weight is 268 g/mol. The van der Waals surface area contributed by atoms with E-state index in [1.54, 1.807) is 4.90 Å². The second kappa shape index (κ2) is 5.31. The minimum Gasteiger partial charge on any atom is -0.444 e. The van der Waals surface area contributed by atoms with Gasteiger partial charge in [-0.05, 0) is 45.4 Å². The van der Waals surface area contributed by atoms with Crippen LogP contribution in [0.15, 0.2) is 0 Å². The highest BCUT2D eigenvalue weighted by Crippen LogP contribution is 2.44. The molecule has 0 bridgehead atoms. The number of carbonyl (C=O) groups is 1. The summed E-state index contributed by atoms with van der Waals surface area (Å²) in [5.41, 5.74) is 6.25. The van der Waals surface area contributed by atoms with Gasteiger partial charge in [-0.3, -0.25) is 0 Å². The van der Waals surface area contributed by atoms with Gasteiger partial charge in [-0.15, -0.1) is 0 Å². The number of rotatable bonds is 0. The first-order valence-corrected chi connectivity index (χ1v) is 7.56. The Kier molecular flexibility index (Phi) is 4.09. The fourth-order valence-electron chi connectivity index (χ4n) is 3.43. The molecule has 0 unspecified atom stereocenters. The maximum absolute atomic E-state index is 12.1. The van der Waals surface area contributed by atoms with Gasteiger partial charge < -0.3 is 15.4 Å². The second-order valence-corrected chi connectivity index (χ2v) is 7.21. The molecule has 1 aliphatic heterocycles. The van der Waals surface area contributed by atoms with Crippen LogP contribution < -0.4 is 5.73 Å². The summed E-state index contributed by atoms with van der Waals surface area (Å²) in [6.45, 7) is 7.14. The molecule has 1 atom stereocenters. The molecule has 1 aliphatic carbocycles. The highest BCUT2D eigenvalue weighted by atomic mass is 16.6. The topological polar surface area (TPSA) is 55.6 Å². The first-order valence-electron chi connectivity index (χ1n) is 7.56. The van der Waals surface area contributed by atoms with Crippen LogP contribution >= 0.6 is 0 Å². The molecule has 1 heterocycles. The van der Waals surface area contributed by atoms with E-state index in [0.717, 1.165) is 13.0 Å². The van der Waals surface area contributed by atoms with E-state index in [9.17, 15) is 4.79 Å². The third-order valence-electron chi connectivity index (χ3n) is 4.58. The van der Waals surface area contributed by atoms with E-state index in [-0.39, 0.29) is 17.6 Å². The SMILES string of the molecule is CC(C)(C)OC(=O)N1CCC2(CCCCC2)[C@@H](N)C1. The van der Waals surface area contributed by atoms with Crippen molar-refractivity contribution in [3.63, 3.8) is 0 Å². The van der Waals surface area contributed by atoms with Crippen molar-refractivity contribution in [3.8, 4) is 0 Å². The van der Waals surface area contributed by atoms with Crippen LogP contribution in [0.4, 0.5) is 4.79 Å². The highest BCUT2D eigenvalue weighted by Gasteiger charge is 2.43. The number of ether oxygens (including phenoxy) is 1. The Balaban J connectivity index is 1.94. The lowest BCUT2D eigenvalue weighted by molar-refractivity contribution is -0.00283. The minimum atomic E-state index is -0.429. The summed E-state index contributed by atoms with van der Waals surface area (Å²) in [7, 11) is 0. The van der Waals surface area contributed by atoms with Gasteiger partial charge in [-0.1, -0.05) is 19.3 Å². The average Bonchev–Trinajstić information content (AvgIpc) is 2.32. The van der Waals surface area contributed by atoms with Gasteiger partial charge in [0.15, 0.2) is 0 Å². The van der Waals surface area contributed by atoms with E-state index in [1.165, 1.54) is 32.1 Å². The second-order valence-electron chi connectivity index (χ2n) is 7.21. The fourth-order valence-corrected chi connectivity index (χ4v) is 3.43. The third-order valence-corrected chi connectivity index (χ3v) is 4.58. The smallest absolute Gasteiger partial charge is 0.410 e. The minimum absolute atomic E-state index is 0.106. The summed E-state index contributed by atoms with van der Waals surface area (Å²) >= 11 is 0. The van der Waals surface area contributed by atoms with Crippen molar-refractivity contribution in [1.29, 1.82) is 0 Å². The van der Waals surface area contributed by atoms with Crippen molar-refractivity contribution in [2.45, 2.75) is 70.9 Å². The molecule has 0 radical (unpaired) electrons. The Hall–Kier alpha value is -0.770. The van der Waals surface area contributed by atoms with Crippen LogP contribution in [0.5, 0.6) is 0 Å². The molecule has 0 aromatic carbocycles. The summed E-state index contributed by atoms with van der Waals surface area (Å²) in [4.78, 5) is 13.9. The van der Waals surface area contributed by atoms with Crippen molar-refractivity contribution < 1.29 is 9.53 Å². The molecule has 2 N–H and O–H groups in total. The van der Waals surface area contributed by atoms with Crippen LogP contribution in [0.2, 0.25) is 0 Å². The predicted octanol–water partition coefficient (Wildman–Crippen LogP) is 2.91. The lowest BCUT2D eigenvalue weighted by Gasteiger charge is -2.48. The molecule has 1 saturated carbocycles. The molecule has 19 heavy (non-hydrogen) atoms. The number of carbonyl (C=O) groups excluding carboxylic acids is 1. The number of hydrogen-bond acceptors (Lipinski definition) is 3. The van der Waals surface area contributed by atoms with E-state index in [4.69, 9.17) is 10.5 Å². The maximum Gasteiger partial charge on any atom is 0.410 e. The molecule has 2 fully saturated rings. The summed E-state index contributed by atoms with van der Waals surface area (Å²) < 4.78 is 5.43. The van der Waals surface area contributed by atoms with Gasteiger partial charge in [0.2, 0.25) is 0 Å². The van der Waals surface area contributed by atoms with Gasteiger partial charge in [0.25, 0.3) is 0 Å². The Bertz CT molecular complexity index is 330. The van der Waals surface area contributed by atoms with Crippen molar-refractivity contribution in [1.82, 2.24) is 4.90 Å². The molecule has 1 spiro atoms. The number of piperidine rings is 1. The number of nitrogens with two attached hydrogens (primary N) is 1. The molecule has 4 nitrogen and oxygen atoms in total. The summed E-state index contributed by atoms with van der Waals surface area (Å²) in [5.74, 6) is 0. The molecular formula is C15H28N2O2. The summed E-state index contributed by atoms with van der Waals surface area (Å²) in [6, 6.07) is 0.106. The predicted molar refractivity (Wildman–Crippen MR) is 75.9 cm³/mol. The first kappa shape index (κ1) is 14.6. The quantitative estimate of drug-likeness (QED) is 0.735. The van der Waals surface area contributed by atoms with Gasteiger partial charge in [-0.25, -0.2) is 4.79 Å². The van der Waals surface area contributed by atoms with E-state index >= 15 is 0 Å². The first-order chi connectivity index (χ1) is 8.82. The number of nitrogens with zero attached hydrogens (tertiary/aromatic N) is 1. The van der Waals surface area contributed by atoms with Crippen molar-refractivity contribution >= 4 is 6.09 Å². The molecule has 2 rings (SSSR count). The van der Waals surface area contributed by atoms with Crippen molar-refractivity contribution in [2.24, 2.45) is 11.1 Å². The van der Waals surface area contributed by atoms with Crippen LogP contribution in [-0.4, -0.2) is 35.7 Å².